The van der Waals surface area contributed by atoms with Gasteiger partial charge < -0.3 is 14.7 Å². The number of aliphatic hydroxyl groups is 1. The second kappa shape index (κ2) is 6.92. The summed E-state index contributed by atoms with van der Waals surface area (Å²) in [5.74, 6) is 0.0386. The average molecular weight is 353 g/mol. The summed E-state index contributed by atoms with van der Waals surface area (Å²) >= 11 is 0. The summed E-state index contributed by atoms with van der Waals surface area (Å²) in [4.78, 5) is 26.1. The van der Waals surface area contributed by atoms with Gasteiger partial charge in [-0.2, -0.15) is 0 Å². The molecule has 1 N–H and O–H groups in total. The van der Waals surface area contributed by atoms with Gasteiger partial charge in [0.25, 0.3) is 5.91 Å². The van der Waals surface area contributed by atoms with Crippen LogP contribution in [0.15, 0.2) is 42.5 Å². The van der Waals surface area contributed by atoms with Gasteiger partial charge in [0, 0.05) is 12.0 Å². The predicted molar refractivity (Wildman–Crippen MR) is 99.4 cm³/mol. The van der Waals surface area contributed by atoms with E-state index in [4.69, 9.17) is 4.74 Å². The summed E-state index contributed by atoms with van der Waals surface area (Å²) in [5, 5.41) is 11.0. The molecule has 0 saturated heterocycles. The number of ketones is 1. The number of rotatable bonds is 6. The van der Waals surface area contributed by atoms with E-state index >= 15 is 0 Å². The molecule has 0 bridgehead atoms. The highest BCUT2D eigenvalue weighted by Gasteiger charge is 2.50. The molecule has 2 aromatic carbocycles. The Hall–Kier alpha value is -2.66. The fourth-order valence-electron chi connectivity index (χ4n) is 3.50. The van der Waals surface area contributed by atoms with Crippen LogP contribution < -0.4 is 9.64 Å². The molecule has 1 aliphatic rings. The number of aryl methyl sites for hydroxylation is 2. The molecule has 0 saturated carbocycles. The Balaban J connectivity index is 1.83. The van der Waals surface area contributed by atoms with Crippen LogP contribution in [0.4, 0.5) is 5.69 Å². The largest absolute Gasteiger partial charge is 0.492 e. The zero-order chi connectivity index (χ0) is 18.9. The molecule has 0 aliphatic carbocycles. The van der Waals surface area contributed by atoms with Gasteiger partial charge in [0.1, 0.15) is 18.1 Å². The third-order valence-electron chi connectivity index (χ3n) is 4.63. The molecule has 1 amide bonds. The van der Waals surface area contributed by atoms with Crippen LogP contribution in [-0.2, 0) is 15.2 Å². The quantitative estimate of drug-likeness (QED) is 0.867. The zero-order valence-electron chi connectivity index (χ0n) is 15.3. The van der Waals surface area contributed by atoms with E-state index in [2.05, 4.69) is 0 Å². The van der Waals surface area contributed by atoms with Crippen LogP contribution in [0, 0.1) is 13.8 Å². The van der Waals surface area contributed by atoms with Gasteiger partial charge in [0.15, 0.2) is 5.60 Å². The van der Waals surface area contributed by atoms with Crippen molar-refractivity contribution in [2.45, 2.75) is 32.8 Å². The third-order valence-corrected chi connectivity index (χ3v) is 4.63. The molecule has 3 rings (SSSR count). The predicted octanol–water partition coefficient (Wildman–Crippen LogP) is 2.90. The Labute approximate surface area is 153 Å². The summed E-state index contributed by atoms with van der Waals surface area (Å²) in [5.41, 5.74) is 1.35. The number of benzene rings is 2. The second-order valence-electron chi connectivity index (χ2n) is 6.83. The minimum absolute atomic E-state index is 0.225. The molecule has 0 aromatic heterocycles. The lowest BCUT2D eigenvalue weighted by Crippen LogP contribution is -2.43. The number of hydrogen-bond acceptors (Lipinski definition) is 4. The van der Waals surface area contributed by atoms with Crippen molar-refractivity contribution in [2.24, 2.45) is 0 Å². The molecule has 0 spiro atoms. The Kier molecular flexibility index (Phi) is 4.83. The number of amides is 1. The molecular formula is C21H23NO4. The van der Waals surface area contributed by atoms with Gasteiger partial charge in [-0.25, -0.2) is 0 Å². The lowest BCUT2D eigenvalue weighted by Gasteiger charge is -2.22. The number of ether oxygens (including phenoxy) is 1. The minimum Gasteiger partial charge on any atom is -0.492 e. The van der Waals surface area contributed by atoms with E-state index in [-0.39, 0.29) is 12.2 Å². The van der Waals surface area contributed by atoms with Crippen molar-refractivity contribution in [3.8, 4) is 5.75 Å². The summed E-state index contributed by atoms with van der Waals surface area (Å²) in [6.07, 6.45) is -0.225. The highest BCUT2D eigenvalue weighted by molar-refractivity contribution is 6.09. The number of anilines is 1. The smallest absolute Gasteiger partial charge is 0.264 e. The number of nitrogens with zero attached hydrogens (tertiary/aromatic N) is 1. The first-order valence-electron chi connectivity index (χ1n) is 8.66. The Morgan fingerprint density at radius 2 is 1.92 bits per heavy atom. The monoisotopic (exact) mass is 353 g/mol. The van der Waals surface area contributed by atoms with Gasteiger partial charge in [-0.3, -0.25) is 9.59 Å². The fraction of sp³-hybridized carbons (Fsp3) is 0.333. The van der Waals surface area contributed by atoms with E-state index in [9.17, 15) is 14.7 Å². The Morgan fingerprint density at radius 1 is 1.19 bits per heavy atom. The number of para-hydroxylation sites is 1. The molecule has 0 fully saturated rings. The van der Waals surface area contributed by atoms with Gasteiger partial charge in [-0.15, -0.1) is 0 Å². The minimum atomic E-state index is -1.80. The van der Waals surface area contributed by atoms with E-state index in [0.29, 0.717) is 24.4 Å². The van der Waals surface area contributed by atoms with Gasteiger partial charge in [0.2, 0.25) is 0 Å². The maximum Gasteiger partial charge on any atom is 0.264 e. The van der Waals surface area contributed by atoms with E-state index in [1.54, 1.807) is 12.1 Å². The molecule has 1 atom stereocenters. The first-order valence-corrected chi connectivity index (χ1v) is 8.66. The van der Waals surface area contributed by atoms with Crippen LogP contribution in [-0.4, -0.2) is 29.9 Å². The van der Waals surface area contributed by atoms with Crippen LogP contribution in [0.2, 0.25) is 0 Å². The Bertz CT molecular complexity index is 861. The van der Waals surface area contributed by atoms with Crippen LogP contribution in [0.25, 0.3) is 0 Å². The number of carbonyl (C=O) groups is 2. The first-order chi connectivity index (χ1) is 12.3. The van der Waals surface area contributed by atoms with E-state index in [1.807, 2.05) is 44.2 Å². The summed E-state index contributed by atoms with van der Waals surface area (Å²) in [6.45, 7) is 5.84. The highest BCUT2D eigenvalue weighted by Crippen LogP contribution is 2.44. The van der Waals surface area contributed by atoms with Gasteiger partial charge in [-0.05, 0) is 44.0 Å². The third kappa shape index (κ3) is 3.22. The Morgan fingerprint density at radius 3 is 2.62 bits per heavy atom. The summed E-state index contributed by atoms with van der Waals surface area (Å²) in [7, 11) is 0. The van der Waals surface area contributed by atoms with Crippen LogP contribution in [0.1, 0.15) is 30.0 Å². The molecule has 5 nitrogen and oxygen atoms in total. The van der Waals surface area contributed by atoms with Gasteiger partial charge in [-0.1, -0.05) is 30.3 Å². The van der Waals surface area contributed by atoms with Gasteiger partial charge in [0.05, 0.1) is 12.2 Å². The number of carbonyl (C=O) groups excluding carboxylic acids is 2. The topological polar surface area (TPSA) is 66.8 Å². The molecule has 26 heavy (non-hydrogen) atoms. The molecule has 136 valence electrons. The van der Waals surface area contributed by atoms with E-state index in [1.165, 1.54) is 11.8 Å². The van der Waals surface area contributed by atoms with Crippen LogP contribution >= 0.6 is 0 Å². The lowest BCUT2D eigenvalue weighted by molar-refractivity contribution is -0.141. The maximum absolute atomic E-state index is 12.9. The van der Waals surface area contributed by atoms with E-state index < -0.39 is 11.5 Å². The van der Waals surface area contributed by atoms with Crippen LogP contribution in [0.3, 0.4) is 0 Å². The fourth-order valence-corrected chi connectivity index (χ4v) is 3.50. The highest BCUT2D eigenvalue weighted by atomic mass is 16.5. The molecule has 1 aliphatic heterocycles. The van der Waals surface area contributed by atoms with Crippen LogP contribution in [0.5, 0.6) is 5.75 Å². The molecular weight excluding hydrogens is 330 g/mol. The number of Topliss-reactive ketones (excluding diaryl/α,β-unsaturated/α-hetero) is 1. The maximum atomic E-state index is 12.9. The zero-order valence-corrected chi connectivity index (χ0v) is 15.3. The summed E-state index contributed by atoms with van der Waals surface area (Å²) in [6, 6.07) is 13.1. The van der Waals surface area contributed by atoms with Crippen molar-refractivity contribution in [1.29, 1.82) is 0 Å². The van der Waals surface area contributed by atoms with Crippen molar-refractivity contribution in [3.05, 3.63) is 59.2 Å². The lowest BCUT2D eigenvalue weighted by atomic mass is 9.89. The van der Waals surface area contributed by atoms with Crippen molar-refractivity contribution in [2.75, 3.05) is 18.1 Å². The average Bonchev–Trinajstić information content (AvgIpc) is 2.77. The SMILES string of the molecule is CC(=O)CC1(O)C(=O)N(CCOc2cccc(C)c2)c2c(C)cccc21. The van der Waals surface area contributed by atoms with E-state index in [0.717, 1.165) is 16.9 Å². The molecule has 1 heterocycles. The molecule has 2 aromatic rings. The number of fused-ring (bicyclic) bond motifs is 1. The van der Waals surface area contributed by atoms with Crippen molar-refractivity contribution in [1.82, 2.24) is 0 Å². The normalized spacial score (nSPS) is 18.8. The molecule has 0 radical (unpaired) electrons. The van der Waals surface area contributed by atoms with Crippen molar-refractivity contribution < 1.29 is 19.4 Å². The summed E-state index contributed by atoms with van der Waals surface area (Å²) < 4.78 is 5.76. The standard InChI is InChI=1S/C21H23NO4/c1-14-6-4-8-17(12-14)26-11-10-22-19-15(2)7-5-9-18(19)21(25,20(22)24)13-16(3)23/h4-9,12,25H,10-11,13H2,1-3H3. The van der Waals surface area contributed by atoms with Crippen molar-refractivity contribution >= 4 is 17.4 Å². The first kappa shape index (κ1) is 18.1. The number of hydrogen-bond donors (Lipinski definition) is 1. The van der Waals surface area contributed by atoms with Gasteiger partial charge >= 0.3 is 0 Å². The van der Waals surface area contributed by atoms with Crippen molar-refractivity contribution in [3.63, 3.8) is 0 Å². The molecule has 5 heteroatoms. The second-order valence-corrected chi connectivity index (χ2v) is 6.83. The molecule has 1 unspecified atom stereocenters.